The lowest BCUT2D eigenvalue weighted by Gasteiger charge is -2.23. The maximum atomic E-state index is 12.8. The number of carbonyl (C=O) groups excluding carboxylic acids is 1. The second kappa shape index (κ2) is 7.79. The van der Waals surface area contributed by atoms with Gasteiger partial charge in [0.2, 0.25) is 0 Å². The summed E-state index contributed by atoms with van der Waals surface area (Å²) in [6.07, 6.45) is 1.77. The molecule has 1 aliphatic heterocycles. The van der Waals surface area contributed by atoms with Crippen molar-refractivity contribution in [1.82, 2.24) is 24.7 Å². The van der Waals surface area contributed by atoms with Crippen LogP contribution in [0.25, 0.3) is 0 Å². The number of hydrogen-bond acceptors (Lipinski definition) is 6. The van der Waals surface area contributed by atoms with Crippen molar-refractivity contribution in [3.8, 4) is 0 Å². The number of aryl methyl sites for hydroxylation is 1. The van der Waals surface area contributed by atoms with E-state index in [1.165, 1.54) is 0 Å². The molecule has 0 saturated heterocycles. The highest BCUT2D eigenvalue weighted by molar-refractivity contribution is 5.92. The molecule has 0 N–H and O–H groups in total. The van der Waals surface area contributed by atoms with Crippen LogP contribution >= 0.6 is 0 Å². The summed E-state index contributed by atoms with van der Waals surface area (Å²) in [5.74, 6) is 0.692. The van der Waals surface area contributed by atoms with E-state index in [1.807, 2.05) is 24.8 Å². The second-order valence-corrected chi connectivity index (χ2v) is 6.76. The summed E-state index contributed by atoms with van der Waals surface area (Å²) < 4.78 is 12.8. The van der Waals surface area contributed by atoms with Crippen molar-refractivity contribution in [2.75, 3.05) is 40.4 Å². The number of fused-ring (bicyclic) bond motifs is 1. The van der Waals surface area contributed by atoms with Crippen LogP contribution in [0.3, 0.4) is 0 Å². The Morgan fingerprint density at radius 3 is 3.00 bits per heavy atom. The molecule has 2 aromatic heterocycles. The number of carbonyl (C=O) groups is 1. The maximum absolute atomic E-state index is 12.8. The average Bonchev–Trinajstić information content (AvgIpc) is 3.15. The molecule has 3 heterocycles. The van der Waals surface area contributed by atoms with Crippen LogP contribution < -0.4 is 0 Å². The first-order valence-corrected chi connectivity index (χ1v) is 8.48. The molecule has 2 aromatic rings. The molecule has 0 aromatic carbocycles. The van der Waals surface area contributed by atoms with Crippen molar-refractivity contribution in [3.05, 3.63) is 35.5 Å². The second-order valence-electron chi connectivity index (χ2n) is 6.76. The molecule has 1 atom stereocenters. The molecule has 136 valence electrons. The molecule has 1 aliphatic rings. The van der Waals surface area contributed by atoms with Crippen molar-refractivity contribution in [2.45, 2.75) is 20.0 Å². The first kappa shape index (κ1) is 17.6. The smallest absolute Gasteiger partial charge is 0.276 e. The van der Waals surface area contributed by atoms with Gasteiger partial charge < -0.3 is 19.1 Å². The Bertz CT molecular complexity index is 709. The minimum atomic E-state index is -0.121. The fourth-order valence-corrected chi connectivity index (χ4v) is 2.92. The van der Waals surface area contributed by atoms with Gasteiger partial charge in [-0.2, -0.15) is 5.10 Å². The Morgan fingerprint density at radius 1 is 1.44 bits per heavy atom. The van der Waals surface area contributed by atoms with Gasteiger partial charge in [-0.25, -0.2) is 0 Å². The zero-order valence-corrected chi connectivity index (χ0v) is 15.0. The molecular formula is C17H25N5O3. The van der Waals surface area contributed by atoms with Crippen LogP contribution in [-0.4, -0.2) is 71.0 Å². The Hall–Kier alpha value is -2.19. The van der Waals surface area contributed by atoms with E-state index in [0.717, 1.165) is 18.8 Å². The fraction of sp³-hybridized carbons (Fsp3) is 0.588. The lowest BCUT2D eigenvalue weighted by Crippen LogP contribution is -2.35. The molecule has 0 fully saturated rings. The predicted molar refractivity (Wildman–Crippen MR) is 91.1 cm³/mol. The zero-order valence-electron chi connectivity index (χ0n) is 15.0. The summed E-state index contributed by atoms with van der Waals surface area (Å²) in [5, 5.41) is 8.23. The van der Waals surface area contributed by atoms with Crippen molar-refractivity contribution in [3.63, 3.8) is 0 Å². The highest BCUT2D eigenvalue weighted by atomic mass is 16.5. The highest BCUT2D eigenvalue weighted by Gasteiger charge is 2.27. The summed E-state index contributed by atoms with van der Waals surface area (Å²) in [5.41, 5.74) is 1.36. The molecular weight excluding hydrogens is 322 g/mol. The molecule has 0 radical (unpaired) electrons. The minimum absolute atomic E-state index is 0.121. The third-order valence-electron chi connectivity index (χ3n) is 4.24. The van der Waals surface area contributed by atoms with Crippen molar-refractivity contribution in [2.24, 2.45) is 5.92 Å². The average molecular weight is 347 g/mol. The number of rotatable bonds is 6. The van der Waals surface area contributed by atoms with Crippen LogP contribution in [0.1, 0.15) is 21.9 Å². The number of hydrogen-bond donors (Lipinski definition) is 0. The van der Waals surface area contributed by atoms with Gasteiger partial charge in [0.05, 0.1) is 25.5 Å². The molecule has 0 saturated carbocycles. The summed E-state index contributed by atoms with van der Waals surface area (Å²) >= 11 is 0. The predicted octanol–water partition coefficient (Wildman–Crippen LogP) is 1.03. The Balaban J connectivity index is 1.69. The van der Waals surface area contributed by atoms with Crippen LogP contribution in [-0.2, 0) is 17.8 Å². The standard InChI is InChI=1S/C17H25N5O3/c1-13-8-16(19-25-13)17(23)21-9-14(12-24-7-6-20(2)3)10-22-15(11-21)4-5-18-22/h4-5,8,14H,6-7,9-12H2,1-3H3. The molecule has 3 rings (SSSR count). The van der Waals surface area contributed by atoms with E-state index in [9.17, 15) is 4.79 Å². The van der Waals surface area contributed by atoms with E-state index < -0.39 is 0 Å². The molecule has 8 heteroatoms. The molecule has 8 nitrogen and oxygen atoms in total. The van der Waals surface area contributed by atoms with Crippen LogP contribution in [0.4, 0.5) is 0 Å². The Kier molecular flexibility index (Phi) is 5.50. The van der Waals surface area contributed by atoms with E-state index >= 15 is 0 Å². The lowest BCUT2D eigenvalue weighted by atomic mass is 10.1. The van der Waals surface area contributed by atoms with E-state index in [1.54, 1.807) is 24.1 Å². The minimum Gasteiger partial charge on any atom is -0.380 e. The van der Waals surface area contributed by atoms with Crippen LogP contribution in [0.2, 0.25) is 0 Å². The van der Waals surface area contributed by atoms with Gasteiger partial charge in [0, 0.05) is 37.8 Å². The number of likely N-dealkylation sites (N-methyl/N-ethyl adjacent to an activating group) is 1. The van der Waals surface area contributed by atoms with E-state index in [-0.39, 0.29) is 11.8 Å². The first-order chi connectivity index (χ1) is 12.0. The quantitative estimate of drug-likeness (QED) is 0.727. The van der Waals surface area contributed by atoms with Gasteiger partial charge in [0.25, 0.3) is 5.91 Å². The van der Waals surface area contributed by atoms with Crippen LogP contribution in [0, 0.1) is 12.8 Å². The van der Waals surface area contributed by atoms with Gasteiger partial charge in [0.1, 0.15) is 5.76 Å². The molecule has 0 aliphatic carbocycles. The number of ether oxygens (including phenoxy) is 1. The Labute approximate surface area is 147 Å². The van der Waals surface area contributed by atoms with Crippen LogP contribution in [0.15, 0.2) is 22.9 Å². The first-order valence-electron chi connectivity index (χ1n) is 8.48. The SMILES string of the molecule is Cc1cc(C(=O)N2Cc3ccnn3CC(COCCN(C)C)C2)no1. The normalized spacial score (nSPS) is 17.6. The number of nitrogens with zero attached hydrogens (tertiary/aromatic N) is 5. The van der Waals surface area contributed by atoms with E-state index in [4.69, 9.17) is 9.26 Å². The van der Waals surface area contributed by atoms with Crippen molar-refractivity contribution in [1.29, 1.82) is 0 Å². The fourth-order valence-electron chi connectivity index (χ4n) is 2.92. The molecule has 1 unspecified atom stereocenters. The monoisotopic (exact) mass is 347 g/mol. The maximum Gasteiger partial charge on any atom is 0.276 e. The third kappa shape index (κ3) is 4.46. The number of amides is 1. The summed E-state index contributed by atoms with van der Waals surface area (Å²) in [7, 11) is 4.04. The summed E-state index contributed by atoms with van der Waals surface area (Å²) in [4.78, 5) is 16.7. The van der Waals surface area contributed by atoms with Gasteiger partial charge in [-0.3, -0.25) is 9.48 Å². The lowest BCUT2D eigenvalue weighted by molar-refractivity contribution is 0.0554. The van der Waals surface area contributed by atoms with Gasteiger partial charge in [0.15, 0.2) is 5.69 Å². The molecule has 0 bridgehead atoms. The summed E-state index contributed by atoms with van der Waals surface area (Å²) in [6, 6.07) is 3.62. The van der Waals surface area contributed by atoms with Gasteiger partial charge in [-0.05, 0) is 27.1 Å². The third-order valence-corrected chi connectivity index (χ3v) is 4.24. The van der Waals surface area contributed by atoms with Gasteiger partial charge in [-0.15, -0.1) is 0 Å². The Morgan fingerprint density at radius 2 is 2.28 bits per heavy atom. The largest absolute Gasteiger partial charge is 0.380 e. The summed E-state index contributed by atoms with van der Waals surface area (Å²) in [6.45, 7) is 5.78. The van der Waals surface area contributed by atoms with Gasteiger partial charge in [-0.1, -0.05) is 5.16 Å². The highest BCUT2D eigenvalue weighted by Crippen LogP contribution is 2.18. The molecule has 0 spiro atoms. The molecule has 1 amide bonds. The van der Waals surface area contributed by atoms with E-state index in [0.29, 0.717) is 37.8 Å². The molecule has 25 heavy (non-hydrogen) atoms. The topological polar surface area (TPSA) is 76.6 Å². The van der Waals surface area contributed by atoms with Crippen LogP contribution in [0.5, 0.6) is 0 Å². The van der Waals surface area contributed by atoms with Gasteiger partial charge >= 0.3 is 0 Å². The van der Waals surface area contributed by atoms with Crippen molar-refractivity contribution >= 4 is 5.91 Å². The zero-order chi connectivity index (χ0) is 17.8. The van der Waals surface area contributed by atoms with Crippen molar-refractivity contribution < 1.29 is 14.1 Å². The number of aromatic nitrogens is 3. The van der Waals surface area contributed by atoms with E-state index in [2.05, 4.69) is 15.2 Å².